The zero-order valence-electron chi connectivity index (χ0n) is 19.0. The van der Waals surface area contributed by atoms with Crippen molar-refractivity contribution in [2.24, 2.45) is 0 Å². The molecule has 6 nitrogen and oxygen atoms in total. The van der Waals surface area contributed by atoms with Gasteiger partial charge in [-0.3, -0.25) is 9.52 Å². The van der Waals surface area contributed by atoms with Crippen molar-refractivity contribution in [3.05, 3.63) is 102 Å². The van der Waals surface area contributed by atoms with Gasteiger partial charge in [0.15, 0.2) is 0 Å². The highest BCUT2D eigenvalue weighted by Crippen LogP contribution is 2.25. The molecule has 174 valence electrons. The standard InChI is InChI=1S/C27H26N2O4S/c1-19-10-13-23(14-11-19)34(31,32)29-25-15-12-22(18-20(25)2)27(30)28-16-17-33-26-9-5-7-21-6-3-4-8-24(21)26/h3-15,18,29H,16-17H2,1-2H3,(H,28,30). The Kier molecular flexibility index (Phi) is 6.84. The number of fused-ring (bicyclic) bond motifs is 1. The molecule has 0 aliphatic rings. The molecule has 0 aromatic heterocycles. The maximum absolute atomic E-state index is 12.7. The molecule has 0 aliphatic carbocycles. The van der Waals surface area contributed by atoms with E-state index in [2.05, 4.69) is 10.0 Å². The molecule has 0 atom stereocenters. The first-order valence-corrected chi connectivity index (χ1v) is 12.4. The summed E-state index contributed by atoms with van der Waals surface area (Å²) >= 11 is 0. The largest absolute Gasteiger partial charge is 0.491 e. The Bertz CT molecular complexity index is 1430. The predicted octanol–water partition coefficient (Wildman–Crippen LogP) is 5.07. The van der Waals surface area contributed by atoms with E-state index in [9.17, 15) is 13.2 Å². The number of aryl methyl sites for hydroxylation is 2. The van der Waals surface area contributed by atoms with Gasteiger partial charge in [0.05, 0.1) is 17.1 Å². The lowest BCUT2D eigenvalue weighted by Gasteiger charge is -2.13. The minimum atomic E-state index is -3.71. The quantitative estimate of drug-likeness (QED) is 0.349. The number of hydrogen-bond donors (Lipinski definition) is 2. The number of ether oxygens (including phenoxy) is 1. The van der Waals surface area contributed by atoms with Gasteiger partial charge in [0.1, 0.15) is 12.4 Å². The number of nitrogens with one attached hydrogen (secondary N) is 2. The summed E-state index contributed by atoms with van der Waals surface area (Å²) in [5, 5.41) is 4.96. The van der Waals surface area contributed by atoms with Crippen LogP contribution in [0.5, 0.6) is 5.75 Å². The maximum Gasteiger partial charge on any atom is 0.261 e. The van der Waals surface area contributed by atoms with E-state index in [1.54, 1.807) is 49.4 Å². The summed E-state index contributed by atoms with van der Waals surface area (Å²) in [4.78, 5) is 12.8. The Labute approximate surface area is 199 Å². The fourth-order valence-corrected chi connectivity index (χ4v) is 4.72. The summed E-state index contributed by atoms with van der Waals surface area (Å²) in [5.41, 5.74) is 2.50. The molecule has 7 heteroatoms. The van der Waals surface area contributed by atoms with Crippen molar-refractivity contribution in [1.82, 2.24) is 5.32 Å². The first-order valence-electron chi connectivity index (χ1n) is 10.9. The molecule has 1 amide bonds. The zero-order valence-corrected chi connectivity index (χ0v) is 19.9. The predicted molar refractivity (Wildman–Crippen MR) is 135 cm³/mol. The Morgan fingerprint density at radius 3 is 2.38 bits per heavy atom. The Morgan fingerprint density at radius 2 is 1.62 bits per heavy atom. The van der Waals surface area contributed by atoms with E-state index in [0.29, 0.717) is 30.0 Å². The molecule has 0 fully saturated rings. The van der Waals surface area contributed by atoms with Gasteiger partial charge in [0.2, 0.25) is 0 Å². The number of benzene rings is 4. The second-order valence-corrected chi connectivity index (χ2v) is 9.71. The molecule has 4 aromatic rings. The monoisotopic (exact) mass is 474 g/mol. The lowest BCUT2D eigenvalue weighted by atomic mass is 10.1. The van der Waals surface area contributed by atoms with Crippen molar-refractivity contribution in [2.75, 3.05) is 17.9 Å². The van der Waals surface area contributed by atoms with E-state index in [1.165, 1.54) is 0 Å². The summed E-state index contributed by atoms with van der Waals surface area (Å²) in [7, 11) is -3.71. The molecule has 2 N–H and O–H groups in total. The van der Waals surface area contributed by atoms with Gasteiger partial charge in [-0.1, -0.05) is 54.1 Å². The average molecular weight is 475 g/mol. The maximum atomic E-state index is 12.7. The first kappa shape index (κ1) is 23.3. The molecule has 4 rings (SSSR count). The van der Waals surface area contributed by atoms with Crippen molar-refractivity contribution < 1.29 is 17.9 Å². The zero-order chi connectivity index (χ0) is 24.1. The van der Waals surface area contributed by atoms with Gasteiger partial charge in [0, 0.05) is 10.9 Å². The van der Waals surface area contributed by atoms with Crippen molar-refractivity contribution in [3.8, 4) is 5.75 Å². The minimum Gasteiger partial charge on any atom is -0.491 e. The van der Waals surface area contributed by atoms with Crippen LogP contribution in [-0.4, -0.2) is 27.5 Å². The van der Waals surface area contributed by atoms with Crippen LogP contribution in [-0.2, 0) is 10.0 Å². The smallest absolute Gasteiger partial charge is 0.261 e. The fraction of sp³-hybridized carbons (Fsp3) is 0.148. The van der Waals surface area contributed by atoms with Crippen molar-refractivity contribution >= 4 is 32.4 Å². The molecule has 0 saturated heterocycles. The highest BCUT2D eigenvalue weighted by Gasteiger charge is 2.16. The van der Waals surface area contributed by atoms with E-state index >= 15 is 0 Å². The summed E-state index contributed by atoms with van der Waals surface area (Å²) < 4.78 is 33.8. The molecular weight excluding hydrogens is 448 g/mol. The average Bonchev–Trinajstić information content (AvgIpc) is 2.83. The molecule has 0 aliphatic heterocycles. The van der Waals surface area contributed by atoms with Crippen LogP contribution in [0.4, 0.5) is 5.69 Å². The topological polar surface area (TPSA) is 84.5 Å². The second kappa shape index (κ2) is 9.97. The number of sulfonamides is 1. The van der Waals surface area contributed by atoms with Gasteiger partial charge in [-0.15, -0.1) is 0 Å². The highest BCUT2D eigenvalue weighted by molar-refractivity contribution is 7.92. The lowest BCUT2D eigenvalue weighted by molar-refractivity contribution is 0.0947. The van der Waals surface area contributed by atoms with E-state index in [4.69, 9.17) is 4.74 Å². The number of amides is 1. The third-order valence-corrected chi connectivity index (χ3v) is 6.84. The van der Waals surface area contributed by atoms with Crippen LogP contribution < -0.4 is 14.8 Å². The van der Waals surface area contributed by atoms with Crippen LogP contribution in [0.1, 0.15) is 21.5 Å². The van der Waals surface area contributed by atoms with Gasteiger partial charge in [-0.05, 0) is 61.2 Å². The third-order valence-electron chi connectivity index (χ3n) is 5.46. The van der Waals surface area contributed by atoms with Crippen molar-refractivity contribution in [2.45, 2.75) is 18.7 Å². The summed E-state index contributed by atoms with van der Waals surface area (Å²) in [5.74, 6) is 0.519. The van der Waals surface area contributed by atoms with Crippen LogP contribution in [0.25, 0.3) is 10.8 Å². The van der Waals surface area contributed by atoms with Crippen LogP contribution >= 0.6 is 0 Å². The number of carbonyl (C=O) groups excluding carboxylic acids is 1. The molecule has 34 heavy (non-hydrogen) atoms. The van der Waals surface area contributed by atoms with E-state index in [1.807, 2.05) is 49.4 Å². The van der Waals surface area contributed by atoms with Crippen LogP contribution in [0.15, 0.2) is 89.8 Å². The fourth-order valence-electron chi connectivity index (χ4n) is 3.59. The highest BCUT2D eigenvalue weighted by atomic mass is 32.2. The van der Waals surface area contributed by atoms with Crippen LogP contribution in [0.3, 0.4) is 0 Å². The normalized spacial score (nSPS) is 11.2. The van der Waals surface area contributed by atoms with Crippen LogP contribution in [0, 0.1) is 13.8 Å². The first-order chi connectivity index (χ1) is 16.3. The summed E-state index contributed by atoms with van der Waals surface area (Å²) in [6, 6.07) is 25.3. The third kappa shape index (κ3) is 5.38. The van der Waals surface area contributed by atoms with Gasteiger partial charge < -0.3 is 10.1 Å². The molecule has 0 unspecified atom stereocenters. The molecule has 0 heterocycles. The Hall–Kier alpha value is -3.84. The van der Waals surface area contributed by atoms with Gasteiger partial charge in [-0.2, -0.15) is 0 Å². The van der Waals surface area contributed by atoms with Crippen molar-refractivity contribution in [1.29, 1.82) is 0 Å². The lowest BCUT2D eigenvalue weighted by Crippen LogP contribution is -2.28. The van der Waals surface area contributed by atoms with Gasteiger partial charge in [0.25, 0.3) is 15.9 Å². The van der Waals surface area contributed by atoms with E-state index < -0.39 is 10.0 Å². The summed E-state index contributed by atoms with van der Waals surface area (Å²) in [6.45, 7) is 4.32. The second-order valence-electron chi connectivity index (χ2n) is 8.03. The molecular formula is C27H26N2O4S. The van der Waals surface area contributed by atoms with E-state index in [-0.39, 0.29) is 10.8 Å². The number of carbonyl (C=O) groups is 1. The van der Waals surface area contributed by atoms with Gasteiger partial charge in [-0.25, -0.2) is 8.42 Å². The molecule has 0 spiro atoms. The van der Waals surface area contributed by atoms with Gasteiger partial charge >= 0.3 is 0 Å². The van der Waals surface area contributed by atoms with Crippen molar-refractivity contribution in [3.63, 3.8) is 0 Å². The summed E-state index contributed by atoms with van der Waals surface area (Å²) in [6.07, 6.45) is 0. The molecule has 0 bridgehead atoms. The molecule has 0 radical (unpaired) electrons. The SMILES string of the molecule is Cc1ccc(S(=O)(=O)Nc2ccc(C(=O)NCCOc3cccc4ccccc34)cc2C)cc1. The number of hydrogen-bond acceptors (Lipinski definition) is 4. The number of rotatable bonds is 8. The van der Waals surface area contributed by atoms with E-state index in [0.717, 1.165) is 22.1 Å². The number of anilines is 1. The minimum absolute atomic E-state index is 0.186. The molecule has 4 aromatic carbocycles. The molecule has 0 saturated carbocycles. The Balaban J connectivity index is 1.35. The van der Waals surface area contributed by atoms with Crippen LogP contribution in [0.2, 0.25) is 0 Å². The Morgan fingerprint density at radius 1 is 0.882 bits per heavy atom.